The van der Waals surface area contributed by atoms with E-state index in [1.807, 2.05) is 6.07 Å². The summed E-state index contributed by atoms with van der Waals surface area (Å²) in [5.41, 5.74) is 1.94. The van der Waals surface area contributed by atoms with Crippen LogP contribution in [0.1, 0.15) is 36.9 Å². The van der Waals surface area contributed by atoms with Gasteiger partial charge in [0.1, 0.15) is 11.6 Å². The summed E-state index contributed by atoms with van der Waals surface area (Å²) in [4.78, 5) is 49.9. The minimum Gasteiger partial charge on any atom is -0.406 e. The number of benzene rings is 1. The first kappa shape index (κ1) is 28.2. The van der Waals surface area contributed by atoms with Gasteiger partial charge in [0.2, 0.25) is 0 Å². The van der Waals surface area contributed by atoms with Crippen LogP contribution in [0, 0.1) is 0 Å². The summed E-state index contributed by atoms with van der Waals surface area (Å²) in [6, 6.07) is 12.8. The lowest BCUT2D eigenvalue weighted by Gasteiger charge is -2.29. The number of aromatic nitrogens is 2. The van der Waals surface area contributed by atoms with Gasteiger partial charge in [-0.25, -0.2) is 4.98 Å². The number of halogens is 4. The van der Waals surface area contributed by atoms with Gasteiger partial charge in [0.05, 0.1) is 21.5 Å². The molecule has 1 N–H and O–H groups in total. The second-order valence-electron chi connectivity index (χ2n) is 9.09. The molecule has 0 radical (unpaired) electrons. The number of nitrogens with one attached hydrogen (secondary N) is 1. The van der Waals surface area contributed by atoms with Crippen molar-refractivity contribution in [1.82, 2.24) is 14.9 Å². The van der Waals surface area contributed by atoms with Crippen molar-refractivity contribution in [3.8, 4) is 5.75 Å². The number of alkyl halides is 3. The van der Waals surface area contributed by atoms with Crippen molar-refractivity contribution in [2.45, 2.75) is 31.8 Å². The zero-order valence-corrected chi connectivity index (χ0v) is 22.6. The Labute approximate surface area is 240 Å². The number of thiophene rings is 1. The van der Waals surface area contributed by atoms with E-state index >= 15 is 0 Å². The van der Waals surface area contributed by atoms with Gasteiger partial charge in [-0.1, -0.05) is 23.7 Å². The number of anilines is 1. The van der Waals surface area contributed by atoms with Crippen LogP contribution in [0.5, 0.6) is 5.75 Å². The molecule has 0 aliphatic carbocycles. The van der Waals surface area contributed by atoms with Crippen molar-refractivity contribution < 1.29 is 32.3 Å². The quantitative estimate of drug-likeness (QED) is 0.291. The van der Waals surface area contributed by atoms with Crippen LogP contribution in [0.4, 0.5) is 19.0 Å². The van der Waals surface area contributed by atoms with Crippen LogP contribution < -0.4 is 10.1 Å². The molecule has 0 fully saturated rings. The van der Waals surface area contributed by atoms with Crippen molar-refractivity contribution in [2.75, 3.05) is 5.32 Å². The van der Waals surface area contributed by atoms with Gasteiger partial charge in [-0.2, -0.15) is 0 Å². The molecule has 0 spiro atoms. The molecule has 4 heterocycles. The van der Waals surface area contributed by atoms with E-state index in [1.54, 1.807) is 35.8 Å². The fourth-order valence-electron chi connectivity index (χ4n) is 4.43. The lowest BCUT2D eigenvalue weighted by molar-refractivity contribution is -0.274. The minimum absolute atomic E-state index is 0.0307. The first-order valence-corrected chi connectivity index (χ1v) is 13.4. The van der Waals surface area contributed by atoms with Crippen LogP contribution in [0.2, 0.25) is 5.02 Å². The number of nitrogens with zero attached hydrogens (tertiary/aromatic N) is 3. The third-order valence-electron chi connectivity index (χ3n) is 6.28. The Hall–Kier alpha value is -4.29. The fraction of sp³-hybridized carbons (Fsp3) is 0.179. The third-order valence-corrected chi connectivity index (χ3v) is 7.54. The zero-order valence-electron chi connectivity index (χ0n) is 21.0. The largest absolute Gasteiger partial charge is 0.573 e. The van der Waals surface area contributed by atoms with Crippen LogP contribution in [-0.4, -0.2) is 44.9 Å². The molecule has 5 rings (SSSR count). The van der Waals surface area contributed by atoms with Crippen LogP contribution in [0.15, 0.2) is 72.4 Å². The molecule has 13 heteroatoms. The van der Waals surface area contributed by atoms with Gasteiger partial charge in [0.25, 0.3) is 11.8 Å². The lowest BCUT2D eigenvalue weighted by Crippen LogP contribution is -2.44. The Morgan fingerprint density at radius 1 is 1.10 bits per heavy atom. The molecule has 41 heavy (non-hydrogen) atoms. The summed E-state index contributed by atoms with van der Waals surface area (Å²) in [5, 5.41) is 4.20. The van der Waals surface area contributed by atoms with Gasteiger partial charge in [0.15, 0.2) is 5.78 Å². The van der Waals surface area contributed by atoms with Crippen molar-refractivity contribution >= 4 is 46.4 Å². The molecule has 1 aliphatic heterocycles. The maximum Gasteiger partial charge on any atom is 0.573 e. The number of ether oxygens (including phenoxy) is 1. The second-order valence-corrected chi connectivity index (χ2v) is 10.4. The molecule has 210 valence electrons. The first-order valence-electron chi connectivity index (χ1n) is 12.2. The highest BCUT2D eigenvalue weighted by molar-refractivity contribution is 7.12. The summed E-state index contributed by atoms with van der Waals surface area (Å²) in [6.07, 6.45) is -1.86. The molecule has 1 atom stereocenters. The van der Waals surface area contributed by atoms with E-state index in [-0.39, 0.29) is 47.5 Å². The summed E-state index contributed by atoms with van der Waals surface area (Å²) >= 11 is 7.69. The molecule has 2 amide bonds. The Bertz CT molecular complexity index is 1610. The van der Waals surface area contributed by atoms with Crippen molar-refractivity contribution in [2.24, 2.45) is 0 Å². The number of carbonyl (C=O) groups is 3. The SMILES string of the molecule is O=C(Nc1cc(OC(F)(F)F)ccn1)c1ccc(CN2C(=O)c3sccc3CC(=O)C2Cc2ccccn2)cc1Cl. The Balaban J connectivity index is 1.37. The maximum absolute atomic E-state index is 13.6. The Kier molecular flexibility index (Phi) is 8.04. The fourth-order valence-corrected chi connectivity index (χ4v) is 5.60. The molecule has 0 saturated carbocycles. The van der Waals surface area contributed by atoms with Gasteiger partial charge >= 0.3 is 6.36 Å². The number of Topliss-reactive ketones (excluding diaryl/α,β-unsaturated/α-hetero) is 1. The number of rotatable bonds is 7. The highest BCUT2D eigenvalue weighted by Gasteiger charge is 2.36. The monoisotopic (exact) mass is 600 g/mol. The number of hydrogen-bond acceptors (Lipinski definition) is 7. The summed E-state index contributed by atoms with van der Waals surface area (Å²) < 4.78 is 41.4. The standard InChI is InChI=1S/C28H20ClF3N4O4S/c29-21-11-16(4-5-20(21)26(38)35-24-14-19(6-9-34-24)40-28(30,31)32)15-36-22(13-18-3-1-2-8-33-18)23(37)12-17-7-10-41-25(17)27(36)39/h1-11,14,22H,12-13,15H2,(H,34,35,38). The number of amides is 2. The molecule has 0 saturated heterocycles. The maximum atomic E-state index is 13.6. The Morgan fingerprint density at radius 3 is 2.66 bits per heavy atom. The third kappa shape index (κ3) is 6.72. The van der Waals surface area contributed by atoms with Crippen LogP contribution >= 0.6 is 22.9 Å². The van der Waals surface area contributed by atoms with E-state index in [0.717, 1.165) is 18.3 Å². The van der Waals surface area contributed by atoms with E-state index in [2.05, 4.69) is 20.0 Å². The predicted octanol–water partition coefficient (Wildman–Crippen LogP) is 5.72. The normalized spacial score (nSPS) is 15.3. The average Bonchev–Trinajstić information content (AvgIpc) is 3.35. The smallest absolute Gasteiger partial charge is 0.406 e. The van der Waals surface area contributed by atoms with E-state index in [4.69, 9.17) is 11.6 Å². The van der Waals surface area contributed by atoms with Crippen LogP contribution in [-0.2, 0) is 24.2 Å². The number of pyridine rings is 2. The highest BCUT2D eigenvalue weighted by atomic mass is 35.5. The molecule has 1 aromatic carbocycles. The van der Waals surface area contributed by atoms with Crippen LogP contribution in [0.25, 0.3) is 0 Å². The highest BCUT2D eigenvalue weighted by Crippen LogP contribution is 2.29. The van der Waals surface area contributed by atoms with E-state index in [9.17, 15) is 27.6 Å². The lowest BCUT2D eigenvalue weighted by atomic mass is 10.0. The minimum atomic E-state index is -4.90. The molecule has 4 aromatic rings. The van der Waals surface area contributed by atoms with Crippen molar-refractivity contribution in [3.05, 3.63) is 105 Å². The average molecular weight is 601 g/mol. The van der Waals surface area contributed by atoms with Gasteiger partial charge in [-0.3, -0.25) is 19.4 Å². The zero-order chi connectivity index (χ0) is 29.1. The van der Waals surface area contributed by atoms with Gasteiger partial charge in [-0.05, 0) is 52.9 Å². The van der Waals surface area contributed by atoms with Gasteiger partial charge < -0.3 is 15.0 Å². The molecule has 8 nitrogen and oxygen atoms in total. The molecule has 1 unspecified atom stereocenters. The van der Waals surface area contributed by atoms with Crippen LogP contribution in [0.3, 0.4) is 0 Å². The summed E-state index contributed by atoms with van der Waals surface area (Å²) in [5.74, 6) is -1.83. The second kappa shape index (κ2) is 11.7. The molecular weight excluding hydrogens is 581 g/mol. The molecule has 3 aromatic heterocycles. The van der Waals surface area contributed by atoms with E-state index in [1.165, 1.54) is 28.4 Å². The summed E-state index contributed by atoms with van der Waals surface area (Å²) in [6.45, 7) is 0.0411. The number of fused-ring (bicyclic) bond motifs is 1. The molecular formula is C28H20ClF3N4O4S. The molecule has 0 bridgehead atoms. The number of carbonyl (C=O) groups excluding carboxylic acids is 3. The van der Waals surface area contributed by atoms with E-state index < -0.39 is 24.1 Å². The first-order chi connectivity index (χ1) is 19.6. The predicted molar refractivity (Wildman–Crippen MR) is 145 cm³/mol. The topological polar surface area (TPSA) is 101 Å². The number of ketones is 1. The van der Waals surface area contributed by atoms with E-state index in [0.29, 0.717) is 21.7 Å². The Morgan fingerprint density at radius 2 is 1.93 bits per heavy atom. The van der Waals surface area contributed by atoms with Crippen molar-refractivity contribution in [1.29, 1.82) is 0 Å². The summed E-state index contributed by atoms with van der Waals surface area (Å²) in [7, 11) is 0. The van der Waals surface area contributed by atoms with Gasteiger partial charge in [0, 0.05) is 43.5 Å². The van der Waals surface area contributed by atoms with Gasteiger partial charge in [-0.15, -0.1) is 24.5 Å². The molecule has 1 aliphatic rings. The number of hydrogen-bond donors (Lipinski definition) is 1. The van der Waals surface area contributed by atoms with Crippen molar-refractivity contribution in [3.63, 3.8) is 0 Å².